The van der Waals surface area contributed by atoms with Gasteiger partial charge in [-0.25, -0.2) is 0 Å². The van der Waals surface area contributed by atoms with Crippen molar-refractivity contribution in [1.29, 1.82) is 0 Å². The highest BCUT2D eigenvalue weighted by Gasteiger charge is 2.20. The molecule has 2 N–H and O–H groups in total. The molecule has 3 heterocycles. The fourth-order valence-corrected chi connectivity index (χ4v) is 5.13. The van der Waals surface area contributed by atoms with E-state index in [-0.39, 0.29) is 24.0 Å². The summed E-state index contributed by atoms with van der Waals surface area (Å²) in [7, 11) is 0. The Kier molecular flexibility index (Phi) is 12.8. The summed E-state index contributed by atoms with van der Waals surface area (Å²) >= 11 is 1.85. The molecule has 0 aromatic carbocycles. The summed E-state index contributed by atoms with van der Waals surface area (Å²) in [6.45, 7) is 9.89. The molecule has 2 aliphatic rings. The van der Waals surface area contributed by atoms with Crippen LogP contribution >= 0.6 is 35.3 Å². The molecular weight excluding hydrogens is 521 g/mol. The van der Waals surface area contributed by atoms with Crippen LogP contribution in [0, 0.1) is 5.92 Å². The Bertz CT molecular complexity index is 654. The summed E-state index contributed by atoms with van der Waals surface area (Å²) in [5.74, 6) is 1.87. The Morgan fingerprint density at radius 1 is 1.23 bits per heavy atom. The number of hydrogen-bond acceptors (Lipinski definition) is 4. The van der Waals surface area contributed by atoms with Gasteiger partial charge in [0.1, 0.15) is 0 Å². The Labute approximate surface area is 209 Å². The lowest BCUT2D eigenvalue weighted by Gasteiger charge is -2.31. The van der Waals surface area contributed by atoms with Crippen molar-refractivity contribution in [2.45, 2.75) is 58.4 Å². The molecule has 0 radical (unpaired) electrons. The lowest BCUT2D eigenvalue weighted by molar-refractivity contribution is -0.130. The van der Waals surface area contributed by atoms with E-state index < -0.39 is 0 Å². The molecule has 2 aliphatic heterocycles. The second kappa shape index (κ2) is 15.1. The summed E-state index contributed by atoms with van der Waals surface area (Å²) in [6.07, 6.45) is 7.60. The number of nitrogens with one attached hydrogen (secondary N) is 2. The number of carbonyl (C=O) groups excluding carboxylic acids is 1. The lowest BCUT2D eigenvalue weighted by Crippen LogP contribution is -2.40. The van der Waals surface area contributed by atoms with Crippen LogP contribution in [0.1, 0.15) is 56.7 Å². The minimum atomic E-state index is 0. The van der Waals surface area contributed by atoms with Crippen LogP contribution in [0.5, 0.6) is 0 Å². The molecule has 0 spiro atoms. The molecule has 1 aromatic heterocycles. The van der Waals surface area contributed by atoms with Crippen molar-refractivity contribution in [3.05, 3.63) is 22.4 Å². The van der Waals surface area contributed by atoms with Crippen LogP contribution < -0.4 is 10.6 Å². The number of carbonyl (C=O) groups is 1. The van der Waals surface area contributed by atoms with E-state index in [1.165, 1.54) is 30.7 Å². The van der Waals surface area contributed by atoms with Crippen molar-refractivity contribution in [1.82, 2.24) is 20.4 Å². The van der Waals surface area contributed by atoms with Gasteiger partial charge in [0, 0.05) is 57.1 Å². The maximum absolute atomic E-state index is 12.1. The Morgan fingerprint density at radius 3 is 2.94 bits per heavy atom. The van der Waals surface area contributed by atoms with E-state index in [0.717, 1.165) is 77.5 Å². The van der Waals surface area contributed by atoms with Crippen LogP contribution in [0.25, 0.3) is 0 Å². The van der Waals surface area contributed by atoms with Gasteiger partial charge in [-0.05, 0) is 62.9 Å². The highest BCUT2D eigenvalue weighted by Crippen LogP contribution is 2.20. The number of halogens is 1. The first-order valence-corrected chi connectivity index (χ1v) is 12.7. The van der Waals surface area contributed by atoms with Gasteiger partial charge in [0.25, 0.3) is 0 Å². The number of piperidine rings is 1. The van der Waals surface area contributed by atoms with Crippen LogP contribution in [0.2, 0.25) is 0 Å². The zero-order valence-electron chi connectivity index (χ0n) is 19.0. The van der Waals surface area contributed by atoms with Crippen LogP contribution in [-0.2, 0) is 11.3 Å². The molecule has 1 amide bonds. The van der Waals surface area contributed by atoms with Crippen LogP contribution in [0.3, 0.4) is 0 Å². The normalized spacial score (nSPS) is 20.8. The molecular formula is C23H40IN5OS. The van der Waals surface area contributed by atoms with E-state index in [4.69, 9.17) is 4.99 Å². The van der Waals surface area contributed by atoms with E-state index in [2.05, 4.69) is 40.0 Å². The lowest BCUT2D eigenvalue weighted by atomic mass is 9.98. The summed E-state index contributed by atoms with van der Waals surface area (Å²) < 4.78 is 0. The molecule has 1 aromatic rings. The molecule has 2 fully saturated rings. The van der Waals surface area contributed by atoms with E-state index in [9.17, 15) is 4.79 Å². The van der Waals surface area contributed by atoms with Gasteiger partial charge in [-0.1, -0.05) is 12.5 Å². The Balaban J connectivity index is 0.00000341. The average molecular weight is 562 g/mol. The van der Waals surface area contributed by atoms with Gasteiger partial charge in [0.15, 0.2) is 5.96 Å². The van der Waals surface area contributed by atoms with Gasteiger partial charge in [-0.2, -0.15) is 0 Å². The number of rotatable bonds is 9. The fourth-order valence-electron chi connectivity index (χ4n) is 4.38. The Morgan fingerprint density at radius 2 is 2.13 bits per heavy atom. The minimum Gasteiger partial charge on any atom is -0.357 e. The van der Waals surface area contributed by atoms with Crippen molar-refractivity contribution < 1.29 is 4.79 Å². The number of thiophene rings is 1. The quantitative estimate of drug-likeness (QED) is 0.208. The van der Waals surface area contributed by atoms with Gasteiger partial charge in [-0.3, -0.25) is 14.7 Å². The smallest absolute Gasteiger partial charge is 0.222 e. The molecule has 8 heteroatoms. The molecule has 0 aliphatic carbocycles. The first-order chi connectivity index (χ1) is 14.7. The second-order valence-electron chi connectivity index (χ2n) is 8.51. The van der Waals surface area contributed by atoms with Gasteiger partial charge in [0.05, 0.1) is 0 Å². The molecule has 1 unspecified atom stereocenters. The summed E-state index contributed by atoms with van der Waals surface area (Å²) in [5.41, 5.74) is 0. The highest BCUT2D eigenvalue weighted by atomic mass is 127. The van der Waals surface area contributed by atoms with Crippen molar-refractivity contribution in [3.63, 3.8) is 0 Å². The van der Waals surface area contributed by atoms with Crippen LogP contribution in [0.15, 0.2) is 22.5 Å². The molecule has 6 nitrogen and oxygen atoms in total. The predicted molar refractivity (Wildman–Crippen MR) is 141 cm³/mol. The fraction of sp³-hybridized carbons (Fsp3) is 0.739. The molecule has 31 heavy (non-hydrogen) atoms. The van der Waals surface area contributed by atoms with Crippen molar-refractivity contribution in [3.8, 4) is 0 Å². The highest BCUT2D eigenvalue weighted by molar-refractivity contribution is 14.0. The first-order valence-electron chi connectivity index (χ1n) is 11.8. The van der Waals surface area contributed by atoms with Crippen molar-refractivity contribution in [2.24, 2.45) is 10.9 Å². The average Bonchev–Trinajstić information content (AvgIpc) is 3.17. The predicted octanol–water partition coefficient (Wildman–Crippen LogP) is 3.93. The molecule has 0 bridgehead atoms. The molecule has 0 saturated carbocycles. The number of hydrogen-bond donors (Lipinski definition) is 2. The zero-order chi connectivity index (χ0) is 21.0. The minimum absolute atomic E-state index is 0. The topological polar surface area (TPSA) is 60.0 Å². The molecule has 176 valence electrons. The third-order valence-corrected chi connectivity index (χ3v) is 6.84. The third-order valence-electron chi connectivity index (χ3n) is 5.98. The number of amides is 1. The summed E-state index contributed by atoms with van der Waals surface area (Å²) in [4.78, 5) is 23.1. The number of likely N-dealkylation sites (tertiary alicyclic amines) is 2. The number of guanidine groups is 1. The number of aliphatic imine (C=N–C) groups is 1. The number of nitrogens with zero attached hydrogens (tertiary/aromatic N) is 3. The van der Waals surface area contributed by atoms with Crippen molar-refractivity contribution >= 4 is 47.2 Å². The van der Waals surface area contributed by atoms with E-state index in [1.807, 2.05) is 16.2 Å². The third kappa shape index (κ3) is 9.65. The van der Waals surface area contributed by atoms with E-state index in [1.54, 1.807) is 0 Å². The summed E-state index contributed by atoms with van der Waals surface area (Å²) in [6, 6.07) is 4.38. The van der Waals surface area contributed by atoms with Crippen molar-refractivity contribution in [2.75, 3.05) is 45.8 Å². The van der Waals surface area contributed by atoms with Crippen LogP contribution in [-0.4, -0.2) is 67.5 Å². The molecule has 2 saturated heterocycles. The zero-order valence-corrected chi connectivity index (χ0v) is 22.1. The standard InChI is InChI=1S/C23H39N5OS.HI/c1-2-24-23(25-12-8-15-28-14-5-3-4-11-22(28)29)26-17-20-9-6-13-27(18-20)19-21-10-7-16-30-21;/h7,10,16,20H,2-6,8-9,11-15,17-19H2,1H3,(H2,24,25,26);1H. The van der Waals surface area contributed by atoms with E-state index >= 15 is 0 Å². The monoisotopic (exact) mass is 561 g/mol. The largest absolute Gasteiger partial charge is 0.357 e. The van der Waals surface area contributed by atoms with Gasteiger partial charge in [-0.15, -0.1) is 35.3 Å². The van der Waals surface area contributed by atoms with Crippen LogP contribution in [0.4, 0.5) is 0 Å². The van der Waals surface area contributed by atoms with Gasteiger partial charge < -0.3 is 15.5 Å². The molecule has 1 atom stereocenters. The SMILES string of the molecule is CCNC(=NCC1CCCN(Cc2cccs2)C1)NCCCN1CCCCCC1=O.I. The van der Waals surface area contributed by atoms with E-state index in [0.29, 0.717) is 11.8 Å². The molecule has 3 rings (SSSR count). The first kappa shape index (κ1) is 26.4. The summed E-state index contributed by atoms with van der Waals surface area (Å²) in [5, 5.41) is 9.01. The maximum atomic E-state index is 12.1. The second-order valence-corrected chi connectivity index (χ2v) is 9.55. The Hall–Kier alpha value is -0.870. The van der Waals surface area contributed by atoms with Gasteiger partial charge >= 0.3 is 0 Å². The maximum Gasteiger partial charge on any atom is 0.222 e. The van der Waals surface area contributed by atoms with Gasteiger partial charge in [0.2, 0.25) is 5.91 Å².